The molecule has 0 aliphatic carbocycles. The highest BCUT2D eigenvalue weighted by Crippen LogP contribution is 2.42. The van der Waals surface area contributed by atoms with E-state index in [4.69, 9.17) is 27.9 Å². The normalized spacial score (nSPS) is 18.1. The minimum atomic E-state index is -4.90. The zero-order valence-corrected chi connectivity index (χ0v) is 10.4. The molecule has 0 saturated carbocycles. The Morgan fingerprint density at radius 3 is 2.60 bits per heavy atom. The largest absolute Gasteiger partial charge is 0.478 e. The molecule has 0 radical (unpaired) electrons. The summed E-state index contributed by atoms with van der Waals surface area (Å²) in [6, 6.07) is 3.81. The van der Waals surface area contributed by atoms with Gasteiger partial charge in [-0.15, -0.1) is 6.42 Å². The molecule has 0 aromatic heterocycles. The topological polar surface area (TPSA) is 46.5 Å². The third-order valence-corrected chi connectivity index (χ3v) is 2.89. The van der Waals surface area contributed by atoms with E-state index in [1.807, 2.05) is 5.92 Å². The first-order valence-electron chi connectivity index (χ1n) is 5.23. The molecule has 3 nitrogen and oxygen atoms in total. The van der Waals surface area contributed by atoms with Gasteiger partial charge in [0.2, 0.25) is 6.10 Å². The van der Waals surface area contributed by atoms with Crippen LogP contribution in [-0.4, -0.2) is 23.4 Å². The second-order valence-corrected chi connectivity index (χ2v) is 4.35. The van der Waals surface area contributed by atoms with Gasteiger partial charge in [-0.2, -0.15) is 13.2 Å². The molecule has 1 aliphatic heterocycles. The second kappa shape index (κ2) is 4.76. The minimum Gasteiger partial charge on any atom is -0.478 e. The third-order valence-electron chi connectivity index (χ3n) is 2.66. The highest BCUT2D eigenvalue weighted by atomic mass is 35.5. The molecule has 0 unspecified atom stereocenters. The average molecular weight is 303 g/mol. The predicted octanol–water partition coefficient (Wildman–Crippen LogP) is 3.13. The van der Waals surface area contributed by atoms with Gasteiger partial charge in [0, 0.05) is 16.2 Å². The number of terminal acetylenes is 1. The Hall–Kier alpha value is -2.13. The summed E-state index contributed by atoms with van der Waals surface area (Å²) in [6.45, 7) is 0. The van der Waals surface area contributed by atoms with Crippen molar-refractivity contribution in [3.8, 4) is 18.1 Å². The van der Waals surface area contributed by atoms with Crippen LogP contribution in [0.3, 0.4) is 0 Å². The molecular formula is C13H6ClF3O3. The maximum Gasteiger partial charge on any atom is 0.430 e. The molecule has 0 bridgehead atoms. The molecule has 1 aliphatic rings. The lowest BCUT2D eigenvalue weighted by Gasteiger charge is -2.29. The number of allylic oxidation sites excluding steroid dienone is 1. The molecule has 104 valence electrons. The van der Waals surface area contributed by atoms with Crippen LogP contribution >= 0.6 is 11.6 Å². The van der Waals surface area contributed by atoms with E-state index in [9.17, 15) is 18.0 Å². The molecule has 0 fully saturated rings. The van der Waals surface area contributed by atoms with Gasteiger partial charge in [0.05, 0.1) is 0 Å². The molecule has 1 N–H and O–H groups in total. The maximum absolute atomic E-state index is 12.9. The Morgan fingerprint density at radius 2 is 2.10 bits per heavy atom. The number of aliphatic carboxylic acids is 1. The standard InChI is InChI=1S/C13H6ClF3O3/c1-2-7-8-5-6(14)3-4-9(8)20-11(13(15,16)17)10(7)12(18)19/h1,3-5,11H,(H,18,19)/t11-/m0/s1. The summed E-state index contributed by atoms with van der Waals surface area (Å²) in [5.41, 5.74) is -1.35. The Morgan fingerprint density at radius 1 is 1.45 bits per heavy atom. The van der Waals surface area contributed by atoms with E-state index in [0.29, 0.717) is 0 Å². The molecule has 7 heteroatoms. The molecule has 1 aromatic carbocycles. The molecule has 2 rings (SSSR count). The van der Waals surface area contributed by atoms with E-state index in [-0.39, 0.29) is 21.9 Å². The number of hydrogen-bond donors (Lipinski definition) is 1. The molecular weight excluding hydrogens is 297 g/mol. The first-order chi connectivity index (χ1) is 9.25. The van der Waals surface area contributed by atoms with E-state index in [0.717, 1.165) is 0 Å². The molecule has 0 spiro atoms. The summed E-state index contributed by atoms with van der Waals surface area (Å²) in [5, 5.41) is 9.21. The van der Waals surface area contributed by atoms with E-state index in [1.165, 1.54) is 18.2 Å². The van der Waals surface area contributed by atoms with Gasteiger partial charge >= 0.3 is 12.1 Å². The molecule has 0 saturated heterocycles. The zero-order chi connectivity index (χ0) is 15.1. The summed E-state index contributed by atoms with van der Waals surface area (Å²) in [5.74, 6) is 0.0371. The van der Waals surface area contributed by atoms with Gasteiger partial charge < -0.3 is 9.84 Å². The highest BCUT2D eigenvalue weighted by Gasteiger charge is 2.50. The van der Waals surface area contributed by atoms with Crippen LogP contribution in [-0.2, 0) is 4.79 Å². The van der Waals surface area contributed by atoms with Gasteiger partial charge in [0.15, 0.2) is 0 Å². The number of alkyl halides is 3. The first-order valence-corrected chi connectivity index (χ1v) is 5.61. The van der Waals surface area contributed by atoms with Crippen molar-refractivity contribution in [3.63, 3.8) is 0 Å². The molecule has 0 amide bonds. The van der Waals surface area contributed by atoms with Crippen LogP contribution in [0.1, 0.15) is 5.56 Å². The van der Waals surface area contributed by atoms with Gasteiger partial charge in [-0.1, -0.05) is 17.5 Å². The summed E-state index contributed by atoms with van der Waals surface area (Å²) in [6.07, 6.45) is -2.34. The lowest BCUT2D eigenvalue weighted by Crippen LogP contribution is -2.41. The van der Waals surface area contributed by atoms with Gasteiger partial charge in [0.1, 0.15) is 11.3 Å². The number of carboxylic acid groups (broad SMARTS) is 1. The Kier molecular flexibility index (Phi) is 3.40. The summed E-state index contributed by atoms with van der Waals surface area (Å²) in [4.78, 5) is 11.1. The van der Waals surface area contributed by atoms with Crippen molar-refractivity contribution in [1.82, 2.24) is 0 Å². The number of rotatable bonds is 1. The van der Waals surface area contributed by atoms with Crippen molar-refractivity contribution in [3.05, 3.63) is 34.4 Å². The SMILES string of the molecule is C#CC1=C(C(=O)O)[C@@H](C(F)(F)F)Oc2ccc(Cl)cc21. The van der Waals surface area contributed by atoms with Crippen molar-refractivity contribution < 1.29 is 27.8 Å². The molecule has 1 heterocycles. The zero-order valence-electron chi connectivity index (χ0n) is 9.66. The third kappa shape index (κ3) is 2.32. The summed E-state index contributed by atoms with van der Waals surface area (Å²) < 4.78 is 43.5. The van der Waals surface area contributed by atoms with Crippen LogP contribution in [0, 0.1) is 12.3 Å². The van der Waals surface area contributed by atoms with E-state index >= 15 is 0 Å². The summed E-state index contributed by atoms with van der Waals surface area (Å²) >= 11 is 5.74. The molecule has 1 aromatic rings. The molecule has 1 atom stereocenters. The first kappa shape index (κ1) is 14.3. The highest BCUT2D eigenvalue weighted by molar-refractivity contribution is 6.31. The fourth-order valence-corrected chi connectivity index (χ4v) is 2.04. The van der Waals surface area contributed by atoms with Gasteiger partial charge in [-0.3, -0.25) is 0 Å². The van der Waals surface area contributed by atoms with E-state index in [2.05, 4.69) is 0 Å². The average Bonchev–Trinajstić information content (AvgIpc) is 2.35. The van der Waals surface area contributed by atoms with Gasteiger partial charge in [0.25, 0.3) is 0 Å². The van der Waals surface area contributed by atoms with Crippen molar-refractivity contribution in [1.29, 1.82) is 0 Å². The van der Waals surface area contributed by atoms with Crippen LogP contribution < -0.4 is 4.74 Å². The predicted molar refractivity (Wildman–Crippen MR) is 65.3 cm³/mol. The number of carbonyl (C=O) groups is 1. The van der Waals surface area contributed by atoms with Crippen LogP contribution in [0.2, 0.25) is 5.02 Å². The van der Waals surface area contributed by atoms with Gasteiger partial charge in [-0.05, 0) is 18.2 Å². The number of halogens is 4. The number of carboxylic acids is 1. The number of ether oxygens (including phenoxy) is 1. The van der Waals surface area contributed by atoms with E-state index < -0.39 is 23.8 Å². The Bertz CT molecular complexity index is 656. The van der Waals surface area contributed by atoms with Gasteiger partial charge in [-0.25, -0.2) is 4.79 Å². The Labute approximate surface area is 116 Å². The monoisotopic (exact) mass is 302 g/mol. The van der Waals surface area contributed by atoms with Crippen LogP contribution in [0.4, 0.5) is 13.2 Å². The Balaban J connectivity index is 2.75. The smallest absolute Gasteiger partial charge is 0.430 e. The number of benzene rings is 1. The van der Waals surface area contributed by atoms with E-state index in [1.54, 1.807) is 0 Å². The van der Waals surface area contributed by atoms with Crippen molar-refractivity contribution in [2.45, 2.75) is 12.3 Å². The quantitative estimate of drug-likeness (QED) is 0.811. The fraction of sp³-hybridized carbons (Fsp3) is 0.154. The van der Waals surface area contributed by atoms with Crippen molar-refractivity contribution in [2.24, 2.45) is 0 Å². The minimum absolute atomic E-state index is 0.0536. The summed E-state index contributed by atoms with van der Waals surface area (Å²) in [7, 11) is 0. The fourth-order valence-electron chi connectivity index (χ4n) is 1.87. The molecule has 20 heavy (non-hydrogen) atoms. The maximum atomic E-state index is 12.9. The lowest BCUT2D eigenvalue weighted by molar-refractivity contribution is -0.187. The second-order valence-electron chi connectivity index (χ2n) is 3.92. The number of hydrogen-bond acceptors (Lipinski definition) is 2. The number of fused-ring (bicyclic) bond motifs is 1. The van der Waals surface area contributed by atoms with Crippen LogP contribution in [0.25, 0.3) is 5.57 Å². The van der Waals surface area contributed by atoms with Crippen LogP contribution in [0.15, 0.2) is 23.8 Å². The van der Waals surface area contributed by atoms with Crippen molar-refractivity contribution in [2.75, 3.05) is 0 Å². The van der Waals surface area contributed by atoms with Crippen LogP contribution in [0.5, 0.6) is 5.75 Å². The lowest BCUT2D eigenvalue weighted by atomic mass is 9.93. The van der Waals surface area contributed by atoms with Crippen molar-refractivity contribution >= 4 is 23.1 Å².